The van der Waals surface area contributed by atoms with E-state index in [-0.39, 0.29) is 0 Å². The van der Waals surface area contributed by atoms with Gasteiger partial charge in [0.1, 0.15) is 0 Å². The molecule has 0 aliphatic carbocycles. The smallest absolute Gasteiger partial charge is 0.328 e. The molecule has 1 atom stereocenters. The predicted octanol–water partition coefficient (Wildman–Crippen LogP) is -1.66. The first-order valence-electron chi connectivity index (χ1n) is 4.64. The minimum atomic E-state index is -1.26. The fraction of sp³-hybridized carbons (Fsp3) is 0.750. The quantitative estimate of drug-likeness (QED) is 0.329. The van der Waals surface area contributed by atoms with E-state index in [1.807, 2.05) is 0 Å². The van der Waals surface area contributed by atoms with Gasteiger partial charge in [-0.1, -0.05) is 0 Å². The molecule has 7 nitrogen and oxygen atoms in total. The maximum absolute atomic E-state index is 11.1. The van der Waals surface area contributed by atoms with Crippen LogP contribution >= 0.6 is 0 Å². The van der Waals surface area contributed by atoms with Crippen LogP contribution in [0, 0.1) is 0 Å². The standard InChI is InChI=1S/C8H17N3O4/c1-9-3-2-4-10-8(15)11-6(5-12)7(13)14/h6,9,12H,2-5H2,1H3,(H,13,14)(H2,10,11,15). The van der Waals surface area contributed by atoms with Crippen molar-refractivity contribution in [3.8, 4) is 0 Å². The number of hydrogen-bond acceptors (Lipinski definition) is 4. The van der Waals surface area contributed by atoms with Crippen molar-refractivity contribution < 1.29 is 19.8 Å². The third-order valence-electron chi connectivity index (χ3n) is 1.68. The van der Waals surface area contributed by atoms with Crippen LogP contribution in [0.4, 0.5) is 4.79 Å². The molecule has 15 heavy (non-hydrogen) atoms. The molecule has 2 amide bonds. The Balaban J connectivity index is 3.67. The van der Waals surface area contributed by atoms with Crippen LogP contribution in [0.3, 0.4) is 0 Å². The summed E-state index contributed by atoms with van der Waals surface area (Å²) in [6.07, 6.45) is 0.751. The number of aliphatic hydroxyl groups is 1. The average Bonchev–Trinajstić information content (AvgIpc) is 2.20. The highest BCUT2D eigenvalue weighted by atomic mass is 16.4. The molecule has 0 aromatic carbocycles. The highest BCUT2D eigenvalue weighted by Crippen LogP contribution is 1.82. The summed E-state index contributed by atoms with van der Waals surface area (Å²) in [5.41, 5.74) is 0. The molecule has 0 spiro atoms. The molecule has 0 aromatic rings. The second-order valence-corrected chi connectivity index (χ2v) is 2.93. The van der Waals surface area contributed by atoms with Gasteiger partial charge in [-0.25, -0.2) is 9.59 Å². The largest absolute Gasteiger partial charge is 0.480 e. The van der Waals surface area contributed by atoms with Gasteiger partial charge in [-0.2, -0.15) is 0 Å². The van der Waals surface area contributed by atoms with Crippen molar-refractivity contribution in [2.24, 2.45) is 0 Å². The Labute approximate surface area is 87.9 Å². The molecule has 88 valence electrons. The molecular weight excluding hydrogens is 202 g/mol. The van der Waals surface area contributed by atoms with Gasteiger partial charge in [-0.05, 0) is 20.0 Å². The Bertz CT molecular complexity index is 210. The number of nitrogens with one attached hydrogen (secondary N) is 3. The van der Waals surface area contributed by atoms with E-state index in [1.54, 1.807) is 7.05 Å². The van der Waals surface area contributed by atoms with Crippen molar-refractivity contribution in [1.29, 1.82) is 0 Å². The summed E-state index contributed by atoms with van der Waals surface area (Å²) in [4.78, 5) is 21.5. The first-order chi connectivity index (χ1) is 7.11. The van der Waals surface area contributed by atoms with Gasteiger partial charge < -0.3 is 26.2 Å². The summed E-state index contributed by atoms with van der Waals surface area (Å²) in [6.45, 7) is 0.590. The molecule has 0 saturated heterocycles. The molecule has 0 bridgehead atoms. The van der Waals surface area contributed by atoms with Crippen LogP contribution in [-0.4, -0.2) is 55.0 Å². The van der Waals surface area contributed by atoms with Crippen LogP contribution in [0.5, 0.6) is 0 Å². The molecule has 0 radical (unpaired) electrons. The number of carboxylic acid groups (broad SMARTS) is 1. The lowest BCUT2D eigenvalue weighted by atomic mass is 10.3. The first kappa shape index (κ1) is 13.7. The molecule has 1 unspecified atom stereocenters. The fourth-order valence-corrected chi connectivity index (χ4v) is 0.862. The number of hydrogen-bond donors (Lipinski definition) is 5. The Morgan fingerprint density at radius 1 is 1.33 bits per heavy atom. The molecule has 7 heteroatoms. The van der Waals surface area contributed by atoms with Crippen LogP contribution in [0.1, 0.15) is 6.42 Å². The zero-order chi connectivity index (χ0) is 11.7. The van der Waals surface area contributed by atoms with Crippen LogP contribution < -0.4 is 16.0 Å². The number of carbonyl (C=O) groups is 2. The van der Waals surface area contributed by atoms with Crippen molar-refractivity contribution in [3.63, 3.8) is 0 Å². The van der Waals surface area contributed by atoms with Crippen molar-refractivity contribution in [3.05, 3.63) is 0 Å². The highest BCUT2D eigenvalue weighted by molar-refractivity contribution is 5.82. The normalized spacial score (nSPS) is 11.9. The van der Waals surface area contributed by atoms with Crippen molar-refractivity contribution in [2.45, 2.75) is 12.5 Å². The van der Waals surface area contributed by atoms with E-state index in [0.29, 0.717) is 6.54 Å². The van der Waals surface area contributed by atoms with E-state index >= 15 is 0 Å². The summed E-state index contributed by atoms with van der Waals surface area (Å²) in [5.74, 6) is -1.26. The molecule has 0 saturated carbocycles. The Morgan fingerprint density at radius 2 is 2.00 bits per heavy atom. The topological polar surface area (TPSA) is 111 Å². The fourth-order valence-electron chi connectivity index (χ4n) is 0.862. The van der Waals surface area contributed by atoms with E-state index in [2.05, 4.69) is 16.0 Å². The number of aliphatic hydroxyl groups excluding tert-OH is 1. The number of carboxylic acids is 1. The molecule has 0 aromatic heterocycles. The summed E-state index contributed by atoms with van der Waals surface area (Å²) in [5, 5.41) is 24.6. The monoisotopic (exact) mass is 219 g/mol. The lowest BCUT2D eigenvalue weighted by molar-refractivity contribution is -0.140. The number of carbonyl (C=O) groups excluding carboxylic acids is 1. The Kier molecular flexibility index (Phi) is 7.29. The number of aliphatic carboxylic acids is 1. The van der Waals surface area contributed by atoms with E-state index in [9.17, 15) is 9.59 Å². The molecule has 0 aliphatic rings. The predicted molar refractivity (Wildman–Crippen MR) is 53.6 cm³/mol. The van der Waals surface area contributed by atoms with Gasteiger partial charge in [0.25, 0.3) is 0 Å². The molecule has 5 N–H and O–H groups in total. The number of amides is 2. The van der Waals surface area contributed by atoms with Crippen molar-refractivity contribution in [1.82, 2.24) is 16.0 Å². The zero-order valence-electron chi connectivity index (χ0n) is 8.62. The van der Waals surface area contributed by atoms with E-state index in [0.717, 1.165) is 13.0 Å². The maximum Gasteiger partial charge on any atom is 0.328 e. The van der Waals surface area contributed by atoms with E-state index in [4.69, 9.17) is 10.2 Å². The highest BCUT2D eigenvalue weighted by Gasteiger charge is 2.17. The van der Waals surface area contributed by atoms with Crippen LogP contribution in [0.2, 0.25) is 0 Å². The third-order valence-corrected chi connectivity index (χ3v) is 1.68. The lowest BCUT2D eigenvalue weighted by Crippen LogP contribution is -2.48. The minimum Gasteiger partial charge on any atom is -0.480 e. The molecule has 0 heterocycles. The van der Waals surface area contributed by atoms with Gasteiger partial charge in [-0.15, -0.1) is 0 Å². The van der Waals surface area contributed by atoms with Gasteiger partial charge >= 0.3 is 12.0 Å². The van der Waals surface area contributed by atoms with E-state index in [1.165, 1.54) is 0 Å². The van der Waals surface area contributed by atoms with Gasteiger partial charge in [0.2, 0.25) is 0 Å². The minimum absolute atomic E-state index is 0.449. The first-order valence-corrected chi connectivity index (χ1v) is 4.64. The number of rotatable bonds is 7. The van der Waals surface area contributed by atoms with Crippen LogP contribution in [0.25, 0.3) is 0 Å². The van der Waals surface area contributed by atoms with Gasteiger partial charge in [0.15, 0.2) is 6.04 Å². The second-order valence-electron chi connectivity index (χ2n) is 2.93. The van der Waals surface area contributed by atoms with Gasteiger partial charge in [0.05, 0.1) is 6.61 Å². The second kappa shape index (κ2) is 8.01. The molecular formula is C8H17N3O4. The maximum atomic E-state index is 11.1. The Morgan fingerprint density at radius 3 is 2.47 bits per heavy atom. The van der Waals surface area contributed by atoms with Gasteiger partial charge in [-0.3, -0.25) is 0 Å². The summed E-state index contributed by atoms with van der Waals surface area (Å²) in [6, 6.07) is -1.85. The number of urea groups is 1. The molecule has 0 aliphatic heterocycles. The summed E-state index contributed by atoms with van der Waals surface area (Å²) in [7, 11) is 1.80. The lowest BCUT2D eigenvalue weighted by Gasteiger charge is -2.12. The zero-order valence-corrected chi connectivity index (χ0v) is 8.62. The van der Waals surface area contributed by atoms with Crippen LogP contribution in [-0.2, 0) is 4.79 Å². The average molecular weight is 219 g/mol. The summed E-state index contributed by atoms with van der Waals surface area (Å²) < 4.78 is 0. The molecule has 0 fully saturated rings. The third kappa shape index (κ3) is 6.69. The van der Waals surface area contributed by atoms with Gasteiger partial charge in [0, 0.05) is 6.54 Å². The van der Waals surface area contributed by atoms with E-state index < -0.39 is 24.6 Å². The SMILES string of the molecule is CNCCCNC(=O)NC(CO)C(=O)O. The Hall–Kier alpha value is -1.34. The van der Waals surface area contributed by atoms with Crippen molar-refractivity contribution in [2.75, 3.05) is 26.7 Å². The van der Waals surface area contributed by atoms with Crippen molar-refractivity contribution >= 4 is 12.0 Å². The summed E-state index contributed by atoms with van der Waals surface area (Å²) >= 11 is 0. The molecule has 0 rings (SSSR count). The van der Waals surface area contributed by atoms with Crippen LogP contribution in [0.15, 0.2) is 0 Å².